The van der Waals surface area contributed by atoms with Crippen LogP contribution in [0.5, 0.6) is 0 Å². The third-order valence-corrected chi connectivity index (χ3v) is 23.6. The third kappa shape index (κ3) is 12.2. The van der Waals surface area contributed by atoms with Crippen molar-refractivity contribution in [3.8, 4) is 0 Å². The van der Waals surface area contributed by atoms with Crippen LogP contribution < -0.4 is 5.32 Å². The van der Waals surface area contributed by atoms with Gasteiger partial charge in [0.1, 0.15) is 12.1 Å². The first-order valence-corrected chi connectivity index (χ1v) is 31.8. The van der Waals surface area contributed by atoms with Gasteiger partial charge in [-0.3, -0.25) is 9.59 Å². The highest BCUT2D eigenvalue weighted by Crippen LogP contribution is 2.76. The highest BCUT2D eigenvalue weighted by atomic mass is 32.2. The number of alkyl halides is 1. The molecule has 72 heavy (non-hydrogen) atoms. The van der Waals surface area contributed by atoms with Crippen LogP contribution in [0.2, 0.25) is 0 Å². The maximum atomic E-state index is 15.0. The predicted molar refractivity (Wildman–Crippen MR) is 293 cm³/mol. The Morgan fingerprint density at radius 2 is 1.39 bits per heavy atom. The first kappa shape index (κ1) is 57.7. The summed E-state index contributed by atoms with van der Waals surface area (Å²) in [7, 11) is -2.89. The fourth-order valence-corrected chi connectivity index (χ4v) is 18.8. The molecule has 0 aromatic heterocycles. The molecule has 5 fully saturated rings. The van der Waals surface area contributed by atoms with Gasteiger partial charge in [-0.15, -0.1) is 0 Å². The summed E-state index contributed by atoms with van der Waals surface area (Å²) in [6, 6.07) is 0. The minimum Gasteiger partial charge on any atom is -0.428 e. The van der Waals surface area contributed by atoms with Crippen LogP contribution in [0.1, 0.15) is 228 Å². The van der Waals surface area contributed by atoms with E-state index >= 15 is 0 Å². The molecule has 0 radical (unpaired) electrons. The van der Waals surface area contributed by atoms with Crippen molar-refractivity contribution in [2.75, 3.05) is 51.2 Å². The van der Waals surface area contributed by atoms with Crippen molar-refractivity contribution in [3.63, 3.8) is 0 Å². The molecule has 6 aliphatic carbocycles. The molecule has 0 aromatic rings. The molecule has 0 bridgehead atoms. The van der Waals surface area contributed by atoms with Gasteiger partial charge in [0, 0.05) is 38.1 Å². The summed E-state index contributed by atoms with van der Waals surface area (Å²) in [6.45, 7) is 24.0. The van der Waals surface area contributed by atoms with Crippen LogP contribution in [0.3, 0.4) is 0 Å². The molecule has 0 aromatic carbocycles. The molecular weight excluding hydrogens is 920 g/mol. The van der Waals surface area contributed by atoms with Crippen molar-refractivity contribution in [1.82, 2.24) is 10.2 Å². The predicted octanol–water partition coefficient (Wildman–Crippen LogP) is 14.6. The van der Waals surface area contributed by atoms with Crippen LogP contribution in [0.15, 0.2) is 35.5 Å². The maximum Gasteiger partial charge on any atom is 0.317 e. The van der Waals surface area contributed by atoms with Crippen molar-refractivity contribution in [1.29, 1.82) is 0 Å². The molecule has 10 atom stereocenters. The Morgan fingerprint density at radius 1 is 0.750 bits per heavy atom. The van der Waals surface area contributed by atoms with E-state index in [4.69, 9.17) is 9.47 Å². The smallest absolute Gasteiger partial charge is 0.317 e. The minimum absolute atomic E-state index is 0.0598. The Kier molecular flexibility index (Phi) is 19.6. The molecule has 1 saturated heterocycles. The molecule has 7 rings (SSSR count). The van der Waals surface area contributed by atoms with Gasteiger partial charge in [-0.1, -0.05) is 156 Å². The first-order chi connectivity index (χ1) is 34.3. The van der Waals surface area contributed by atoms with E-state index in [1.54, 1.807) is 0 Å². The number of carbonyl (C=O) groups excluding carboxylic acids is 2. The van der Waals surface area contributed by atoms with Crippen molar-refractivity contribution in [2.45, 2.75) is 234 Å². The number of rotatable bonds is 26. The minimum atomic E-state index is -2.89. The standard InChI is InChI=1S/C62H103FN2O6S/c1-9-10-11-12-13-14-15-16-17-18-19-20-21-22-23-24-54(66)70-46-71-56(67)61(45-63)34-27-48(28-35-61)50-30-32-58(6)52(57(50,4)5)31-33-60(8)53(58)26-25-51-55-49(47(2)3)29-36-62(55,38-37-59(51,60)7)64-39-40-65-41-43-72(68,69)44-42-65/h27,30,49,51-53,55,64H,2,9-26,28-29,31-46H2,1,3-8H3/t49-,51+,52-,53+,55+,58-,59+,60+,61+,62-/m0/s1. The van der Waals surface area contributed by atoms with Gasteiger partial charge < -0.3 is 19.7 Å². The number of nitrogens with one attached hydrogen (secondary N) is 1. The summed E-state index contributed by atoms with van der Waals surface area (Å²) in [5, 5.41) is 4.22. The maximum absolute atomic E-state index is 15.0. The second kappa shape index (κ2) is 24.5. The number of allylic oxidation sites excluding steroid dienone is 5. The average Bonchev–Trinajstić information content (AvgIpc) is 3.73. The van der Waals surface area contributed by atoms with E-state index in [0.29, 0.717) is 68.4 Å². The third-order valence-electron chi connectivity index (χ3n) is 22.0. The largest absolute Gasteiger partial charge is 0.428 e. The first-order valence-electron chi connectivity index (χ1n) is 29.9. The van der Waals surface area contributed by atoms with Crippen LogP contribution in [0.25, 0.3) is 0 Å². The second-order valence-corrected chi connectivity index (χ2v) is 28.7. The average molecular weight is 1020 g/mol. The lowest BCUT2D eigenvalue weighted by Gasteiger charge is -2.72. The lowest BCUT2D eigenvalue weighted by molar-refractivity contribution is -0.221. The van der Waals surface area contributed by atoms with E-state index in [2.05, 4.69) is 77.4 Å². The molecule has 1 aliphatic heterocycles. The van der Waals surface area contributed by atoms with E-state index in [0.717, 1.165) is 38.8 Å². The normalized spacial score (nSPS) is 36.0. The number of esters is 2. The van der Waals surface area contributed by atoms with E-state index < -0.39 is 34.7 Å². The van der Waals surface area contributed by atoms with Crippen LogP contribution in [0.4, 0.5) is 4.39 Å². The van der Waals surface area contributed by atoms with Crippen LogP contribution in [-0.2, 0) is 28.9 Å². The number of unbranched alkanes of at least 4 members (excludes halogenated alkanes) is 14. The molecule has 8 nitrogen and oxygen atoms in total. The lowest BCUT2D eigenvalue weighted by Crippen LogP contribution is -2.68. The van der Waals surface area contributed by atoms with E-state index in [9.17, 15) is 22.4 Å². The molecule has 410 valence electrons. The number of hydrogen-bond donors (Lipinski definition) is 1. The summed E-state index contributed by atoms with van der Waals surface area (Å²) in [6.07, 6.45) is 36.2. The topological polar surface area (TPSA) is 102 Å². The summed E-state index contributed by atoms with van der Waals surface area (Å²) < 4.78 is 50.0. The molecular formula is C62H103FN2O6S. The van der Waals surface area contributed by atoms with Gasteiger partial charge in [-0.05, 0) is 153 Å². The van der Waals surface area contributed by atoms with Crippen LogP contribution in [-0.4, -0.2) is 81.9 Å². The zero-order chi connectivity index (χ0) is 51.8. The number of fused-ring (bicyclic) bond motifs is 7. The number of ether oxygens (including phenoxy) is 2. The zero-order valence-electron chi connectivity index (χ0n) is 46.9. The van der Waals surface area contributed by atoms with Crippen molar-refractivity contribution >= 4 is 21.8 Å². The summed E-state index contributed by atoms with van der Waals surface area (Å²) >= 11 is 0. The molecule has 10 heteroatoms. The van der Waals surface area contributed by atoms with Crippen LogP contribution in [0, 0.1) is 56.7 Å². The van der Waals surface area contributed by atoms with Crippen molar-refractivity contribution in [3.05, 3.63) is 35.5 Å². The fraction of sp³-hybridized carbons (Fsp3) is 0.871. The number of hydrogen-bond acceptors (Lipinski definition) is 8. The number of nitrogens with zero attached hydrogens (tertiary/aromatic N) is 1. The lowest BCUT2D eigenvalue weighted by atomic mass is 9.33. The van der Waals surface area contributed by atoms with Gasteiger partial charge in [0.05, 0.1) is 11.5 Å². The quantitative estimate of drug-likeness (QED) is 0.0396. The Balaban J connectivity index is 0.889. The van der Waals surface area contributed by atoms with Crippen LogP contribution >= 0.6 is 0 Å². The van der Waals surface area contributed by atoms with Gasteiger partial charge in [-0.25, -0.2) is 12.8 Å². The molecule has 1 heterocycles. The Bertz CT molecular complexity index is 2020. The highest BCUT2D eigenvalue weighted by molar-refractivity contribution is 7.91. The zero-order valence-corrected chi connectivity index (χ0v) is 47.7. The monoisotopic (exact) mass is 1020 g/mol. The summed E-state index contributed by atoms with van der Waals surface area (Å²) in [5.74, 6) is 2.50. The van der Waals surface area contributed by atoms with Gasteiger partial charge in [0.2, 0.25) is 6.79 Å². The van der Waals surface area contributed by atoms with Crippen molar-refractivity contribution in [2.24, 2.45) is 56.7 Å². The fourth-order valence-electron chi connectivity index (χ4n) is 17.6. The van der Waals surface area contributed by atoms with Crippen molar-refractivity contribution < 1.29 is 31.9 Å². The molecule has 4 saturated carbocycles. The molecule has 7 aliphatic rings. The Morgan fingerprint density at radius 3 is 1.99 bits per heavy atom. The van der Waals surface area contributed by atoms with Gasteiger partial charge >= 0.3 is 11.9 Å². The second-order valence-electron chi connectivity index (χ2n) is 26.4. The van der Waals surface area contributed by atoms with E-state index in [1.807, 2.05) is 0 Å². The molecule has 0 amide bonds. The SMILES string of the molecule is C=C(C)[C@@H]1CC[C@]2(NCCN3CCS(=O)(=O)CC3)CC[C@]3(C)[C@H](CC[C@@H]4[C@@]5(C)CC=C(C6=CC[C@@](CF)(C(=O)OCOC(=O)CCCCCCCCCCCCCCCCC)CC6)C(C)(C)[C@@H]5CC[C@]43C)[C@@H]12. The number of halogens is 1. The molecule has 1 N–H and O–H groups in total. The Labute approximate surface area is 439 Å². The highest BCUT2D eigenvalue weighted by Gasteiger charge is 2.70. The molecule has 0 spiro atoms. The van der Waals surface area contributed by atoms with Gasteiger partial charge in [-0.2, -0.15) is 0 Å². The Hall–Kier alpha value is -2.04. The summed E-state index contributed by atoms with van der Waals surface area (Å²) in [5.41, 5.74) is 3.45. The van der Waals surface area contributed by atoms with E-state index in [-0.39, 0.29) is 44.7 Å². The molecule has 0 unspecified atom stereocenters. The number of sulfone groups is 1. The van der Waals surface area contributed by atoms with Gasteiger partial charge in [0.25, 0.3) is 0 Å². The van der Waals surface area contributed by atoms with Gasteiger partial charge in [0.15, 0.2) is 9.84 Å². The number of carbonyl (C=O) groups is 2. The van der Waals surface area contributed by atoms with E-state index in [1.165, 1.54) is 145 Å². The summed E-state index contributed by atoms with van der Waals surface area (Å²) in [4.78, 5) is 28.4.